The summed E-state index contributed by atoms with van der Waals surface area (Å²) >= 11 is 5.84. The number of nitrogens with two attached hydrogens (primary N) is 1. The summed E-state index contributed by atoms with van der Waals surface area (Å²) in [7, 11) is 0. The summed E-state index contributed by atoms with van der Waals surface area (Å²) in [5, 5.41) is 11.1. The van der Waals surface area contributed by atoms with Crippen molar-refractivity contribution >= 4 is 17.4 Å². The van der Waals surface area contributed by atoms with E-state index in [-0.39, 0.29) is 27.9 Å². The number of nitrogens with zero attached hydrogens (tertiary/aromatic N) is 5. The molecular formula is C18H10ClF3N6. The molecule has 0 fully saturated rings. The molecule has 140 valence electrons. The van der Waals surface area contributed by atoms with Crippen molar-refractivity contribution in [2.75, 3.05) is 5.73 Å². The molecule has 0 saturated heterocycles. The van der Waals surface area contributed by atoms with Crippen LogP contribution in [0.2, 0.25) is 5.02 Å². The molecule has 0 aliphatic carbocycles. The quantitative estimate of drug-likeness (QED) is 0.559. The first kappa shape index (κ1) is 17.9. The third-order valence-corrected chi connectivity index (χ3v) is 4.33. The second kappa shape index (κ2) is 6.93. The van der Waals surface area contributed by atoms with Crippen LogP contribution < -0.4 is 5.73 Å². The molecule has 0 aliphatic rings. The van der Waals surface area contributed by atoms with E-state index in [1.54, 1.807) is 6.07 Å². The number of benzene rings is 2. The Balaban J connectivity index is 1.86. The molecule has 0 saturated carbocycles. The number of aromatic nitrogens is 5. The normalized spacial score (nSPS) is 11.0. The van der Waals surface area contributed by atoms with Crippen molar-refractivity contribution in [3.63, 3.8) is 0 Å². The van der Waals surface area contributed by atoms with Gasteiger partial charge in [-0.05, 0) is 46.3 Å². The summed E-state index contributed by atoms with van der Waals surface area (Å²) in [5.41, 5.74) is 7.19. The van der Waals surface area contributed by atoms with Crippen LogP contribution in [0.25, 0.3) is 28.2 Å². The summed E-state index contributed by atoms with van der Waals surface area (Å²) in [4.78, 5) is 4.10. The molecule has 2 heterocycles. The van der Waals surface area contributed by atoms with Crippen LogP contribution in [0.1, 0.15) is 0 Å². The molecule has 0 aliphatic heterocycles. The van der Waals surface area contributed by atoms with E-state index in [1.807, 2.05) is 0 Å². The monoisotopic (exact) mass is 402 g/mol. The van der Waals surface area contributed by atoms with E-state index in [1.165, 1.54) is 36.5 Å². The predicted octanol–water partition coefficient (Wildman–Crippen LogP) is 4.04. The van der Waals surface area contributed by atoms with Crippen LogP contribution in [0, 0.1) is 17.5 Å². The summed E-state index contributed by atoms with van der Waals surface area (Å²) < 4.78 is 42.3. The maximum Gasteiger partial charge on any atom is 0.190 e. The Morgan fingerprint density at radius 3 is 2.57 bits per heavy atom. The zero-order valence-electron chi connectivity index (χ0n) is 13.9. The van der Waals surface area contributed by atoms with Gasteiger partial charge < -0.3 is 5.73 Å². The molecular weight excluding hydrogens is 393 g/mol. The average molecular weight is 403 g/mol. The summed E-state index contributed by atoms with van der Waals surface area (Å²) in [6.07, 6.45) is 1.47. The molecule has 0 radical (unpaired) electrons. The molecule has 4 aromatic rings. The van der Waals surface area contributed by atoms with Crippen LogP contribution in [-0.4, -0.2) is 25.2 Å². The fourth-order valence-corrected chi connectivity index (χ4v) is 2.84. The standard InChI is InChI=1S/C18H10ClF3N6/c19-12-7-9(4-5-13(12)20)10-6-11(17(23)24-8-10)18-25-26-27-28(18)15-3-1-2-14(21)16(15)22/h1-8H,(H2,23,24). The zero-order valence-corrected chi connectivity index (χ0v) is 14.7. The lowest BCUT2D eigenvalue weighted by molar-refractivity contribution is 0.501. The van der Waals surface area contributed by atoms with Gasteiger partial charge >= 0.3 is 0 Å². The predicted molar refractivity (Wildman–Crippen MR) is 97.1 cm³/mol. The Bertz CT molecular complexity index is 1190. The minimum Gasteiger partial charge on any atom is -0.383 e. The van der Waals surface area contributed by atoms with Crippen molar-refractivity contribution in [1.29, 1.82) is 0 Å². The number of halogens is 4. The third-order valence-electron chi connectivity index (χ3n) is 4.04. The van der Waals surface area contributed by atoms with E-state index in [0.29, 0.717) is 11.1 Å². The van der Waals surface area contributed by atoms with Gasteiger partial charge in [0.25, 0.3) is 0 Å². The number of nitrogen functional groups attached to an aromatic ring is 1. The van der Waals surface area contributed by atoms with Crippen LogP contribution in [0.3, 0.4) is 0 Å². The van der Waals surface area contributed by atoms with E-state index < -0.39 is 17.5 Å². The van der Waals surface area contributed by atoms with E-state index in [4.69, 9.17) is 17.3 Å². The fraction of sp³-hybridized carbons (Fsp3) is 0. The molecule has 0 bridgehead atoms. The van der Waals surface area contributed by atoms with Crippen LogP contribution in [0.15, 0.2) is 48.7 Å². The lowest BCUT2D eigenvalue weighted by Gasteiger charge is -2.10. The molecule has 0 atom stereocenters. The Morgan fingerprint density at radius 2 is 1.79 bits per heavy atom. The van der Waals surface area contributed by atoms with E-state index in [2.05, 4.69) is 20.5 Å². The highest BCUT2D eigenvalue weighted by Crippen LogP contribution is 2.31. The molecule has 2 aromatic carbocycles. The Labute approximate surface area is 161 Å². The summed E-state index contributed by atoms with van der Waals surface area (Å²) in [6, 6.07) is 9.42. The number of hydrogen-bond acceptors (Lipinski definition) is 5. The summed E-state index contributed by atoms with van der Waals surface area (Å²) in [6.45, 7) is 0. The van der Waals surface area contributed by atoms with E-state index in [9.17, 15) is 13.2 Å². The molecule has 6 nitrogen and oxygen atoms in total. The SMILES string of the molecule is Nc1ncc(-c2ccc(F)c(Cl)c2)cc1-c1nnnn1-c1cccc(F)c1F. The second-order valence-corrected chi connectivity index (χ2v) is 6.18. The topological polar surface area (TPSA) is 82.5 Å². The van der Waals surface area contributed by atoms with Gasteiger partial charge in [-0.2, -0.15) is 4.68 Å². The van der Waals surface area contributed by atoms with Crippen molar-refractivity contribution in [3.05, 3.63) is 71.1 Å². The number of rotatable bonds is 3. The second-order valence-electron chi connectivity index (χ2n) is 5.77. The first-order valence-electron chi connectivity index (χ1n) is 7.90. The van der Waals surface area contributed by atoms with Gasteiger partial charge in [-0.25, -0.2) is 18.2 Å². The van der Waals surface area contributed by atoms with Gasteiger partial charge in [0, 0.05) is 11.8 Å². The Morgan fingerprint density at radius 1 is 0.964 bits per heavy atom. The molecule has 28 heavy (non-hydrogen) atoms. The molecule has 4 rings (SSSR count). The van der Waals surface area contributed by atoms with Crippen molar-refractivity contribution in [1.82, 2.24) is 25.2 Å². The smallest absolute Gasteiger partial charge is 0.190 e. The van der Waals surface area contributed by atoms with Gasteiger partial charge in [0.05, 0.1) is 10.6 Å². The maximum absolute atomic E-state index is 14.2. The highest BCUT2D eigenvalue weighted by molar-refractivity contribution is 6.31. The van der Waals surface area contributed by atoms with E-state index >= 15 is 0 Å². The molecule has 2 N–H and O–H groups in total. The average Bonchev–Trinajstić information content (AvgIpc) is 3.16. The molecule has 0 spiro atoms. The highest BCUT2D eigenvalue weighted by Gasteiger charge is 2.19. The van der Waals surface area contributed by atoms with Gasteiger partial charge in [0.1, 0.15) is 17.3 Å². The first-order chi connectivity index (χ1) is 13.5. The largest absolute Gasteiger partial charge is 0.383 e. The zero-order chi connectivity index (χ0) is 19.8. The van der Waals surface area contributed by atoms with Crippen molar-refractivity contribution in [2.24, 2.45) is 0 Å². The van der Waals surface area contributed by atoms with Crippen LogP contribution >= 0.6 is 11.6 Å². The van der Waals surface area contributed by atoms with Gasteiger partial charge in [0.15, 0.2) is 17.5 Å². The van der Waals surface area contributed by atoms with Gasteiger partial charge in [-0.15, -0.1) is 5.10 Å². The maximum atomic E-state index is 14.2. The first-order valence-corrected chi connectivity index (χ1v) is 8.27. The minimum absolute atomic E-state index is 0.0532. The van der Waals surface area contributed by atoms with Gasteiger partial charge in [0.2, 0.25) is 0 Å². The molecule has 2 aromatic heterocycles. The van der Waals surface area contributed by atoms with Crippen molar-refractivity contribution < 1.29 is 13.2 Å². The molecule has 10 heteroatoms. The van der Waals surface area contributed by atoms with Crippen LogP contribution in [0.4, 0.5) is 19.0 Å². The molecule has 0 unspecified atom stereocenters. The summed E-state index contributed by atoms with van der Waals surface area (Å²) in [5.74, 6) is -2.57. The molecule has 0 amide bonds. The fourth-order valence-electron chi connectivity index (χ4n) is 2.66. The van der Waals surface area contributed by atoms with Crippen LogP contribution in [0.5, 0.6) is 0 Å². The van der Waals surface area contributed by atoms with Crippen molar-refractivity contribution in [3.8, 4) is 28.2 Å². The Hall–Kier alpha value is -3.46. The number of tetrazole rings is 1. The lowest BCUT2D eigenvalue weighted by Crippen LogP contribution is -2.06. The van der Waals surface area contributed by atoms with Crippen LogP contribution in [-0.2, 0) is 0 Å². The van der Waals surface area contributed by atoms with Crippen molar-refractivity contribution in [2.45, 2.75) is 0 Å². The Kier molecular flexibility index (Phi) is 4.44. The van der Waals surface area contributed by atoms with Gasteiger partial charge in [-0.1, -0.05) is 23.7 Å². The number of pyridine rings is 1. The lowest BCUT2D eigenvalue weighted by atomic mass is 10.0. The van der Waals surface area contributed by atoms with E-state index in [0.717, 1.165) is 10.7 Å². The number of anilines is 1. The highest BCUT2D eigenvalue weighted by atomic mass is 35.5. The van der Waals surface area contributed by atoms with Gasteiger partial charge in [-0.3, -0.25) is 0 Å². The number of hydrogen-bond donors (Lipinski definition) is 1. The minimum atomic E-state index is -1.11. The third kappa shape index (κ3) is 3.05.